The van der Waals surface area contributed by atoms with Crippen LogP contribution in [0.2, 0.25) is 0 Å². The van der Waals surface area contributed by atoms with E-state index in [-0.39, 0.29) is 13.0 Å². The van der Waals surface area contributed by atoms with Gasteiger partial charge in [-0.2, -0.15) is 52.7 Å². The molecular formula is C18H26F12N4O6. The van der Waals surface area contributed by atoms with Crippen LogP contribution in [0.5, 0.6) is 0 Å². The summed E-state index contributed by atoms with van der Waals surface area (Å²) in [5.41, 5.74) is 5.30. The molecule has 0 bridgehead atoms. The van der Waals surface area contributed by atoms with E-state index in [1.807, 2.05) is 0 Å². The number of nitrogens with two attached hydrogens (primary N) is 1. The van der Waals surface area contributed by atoms with Crippen LogP contribution in [0.3, 0.4) is 0 Å². The lowest BCUT2D eigenvalue weighted by Gasteiger charge is -2.24. The van der Waals surface area contributed by atoms with E-state index in [9.17, 15) is 62.3 Å². The van der Waals surface area contributed by atoms with Crippen molar-refractivity contribution in [2.45, 2.75) is 50.4 Å². The van der Waals surface area contributed by atoms with Crippen LogP contribution < -0.4 is 16.4 Å². The van der Waals surface area contributed by atoms with Crippen molar-refractivity contribution < 1.29 is 82.1 Å². The maximum atomic E-state index is 12.6. The lowest BCUT2D eigenvalue weighted by molar-refractivity contribution is -0.193. The monoisotopic (exact) mass is 622 g/mol. The second-order valence-electron chi connectivity index (χ2n) is 7.10. The second-order valence-corrected chi connectivity index (χ2v) is 7.10. The number of carboxylic acid groups (broad SMARTS) is 2. The third-order valence-corrected chi connectivity index (χ3v) is 3.75. The second kappa shape index (κ2) is 19.1. The molecule has 22 heteroatoms. The topological polar surface area (TPSA) is 162 Å². The number of hydrogen-bond acceptors (Lipinski definition) is 6. The van der Waals surface area contributed by atoms with Gasteiger partial charge in [0.15, 0.2) is 0 Å². The number of nitrogens with zero attached hydrogens (tertiary/aromatic N) is 1. The number of carboxylic acids is 2. The van der Waals surface area contributed by atoms with E-state index in [1.54, 1.807) is 5.32 Å². The molecule has 238 valence electrons. The highest BCUT2D eigenvalue weighted by molar-refractivity contribution is 5.82. The first-order valence-corrected chi connectivity index (χ1v) is 10.6. The minimum atomic E-state index is -5.08. The van der Waals surface area contributed by atoms with Gasteiger partial charge in [-0.3, -0.25) is 9.59 Å². The van der Waals surface area contributed by atoms with Crippen LogP contribution in [-0.4, -0.2) is 103 Å². The average Bonchev–Trinajstić information content (AvgIpc) is 2.77. The summed E-state index contributed by atoms with van der Waals surface area (Å²) in [5.74, 6) is -9.73. The van der Waals surface area contributed by atoms with Gasteiger partial charge in [0.05, 0.1) is 0 Å². The highest BCUT2D eigenvalue weighted by Crippen LogP contribution is 2.19. The molecule has 40 heavy (non-hydrogen) atoms. The Morgan fingerprint density at radius 1 is 0.600 bits per heavy atom. The van der Waals surface area contributed by atoms with Crippen molar-refractivity contribution in [3.8, 4) is 0 Å². The van der Waals surface area contributed by atoms with Gasteiger partial charge >= 0.3 is 48.5 Å². The Labute approximate surface area is 217 Å². The maximum absolute atomic E-state index is 12.6. The number of amides is 2. The predicted molar refractivity (Wildman–Crippen MR) is 109 cm³/mol. The van der Waals surface area contributed by atoms with Crippen molar-refractivity contribution >= 4 is 23.8 Å². The first kappa shape index (κ1) is 41.4. The predicted octanol–water partition coefficient (Wildman–Crippen LogP) is 2.43. The van der Waals surface area contributed by atoms with Gasteiger partial charge in [0.25, 0.3) is 0 Å². The molecule has 0 aromatic rings. The van der Waals surface area contributed by atoms with Crippen LogP contribution in [0.1, 0.15) is 25.7 Å². The number of unbranched alkanes of at least 4 members (excludes halogenated alkanes) is 1. The Kier molecular flexibility index (Phi) is 19.8. The molecule has 0 radical (unpaired) electrons. The lowest BCUT2D eigenvalue weighted by Crippen LogP contribution is -2.43. The fourth-order valence-corrected chi connectivity index (χ4v) is 1.97. The molecular weight excluding hydrogens is 596 g/mol. The van der Waals surface area contributed by atoms with Crippen LogP contribution >= 0.6 is 0 Å². The Bertz CT molecular complexity index is 746. The molecule has 0 unspecified atom stereocenters. The van der Waals surface area contributed by atoms with Crippen molar-refractivity contribution in [3.05, 3.63) is 0 Å². The van der Waals surface area contributed by atoms with Crippen LogP contribution in [-0.2, 0) is 19.2 Å². The number of hydrogen-bond donors (Lipinski definition) is 5. The van der Waals surface area contributed by atoms with Crippen molar-refractivity contribution in [1.82, 2.24) is 15.5 Å². The SMILES string of the molecule is NCCCNCCCCN(CCCNC(=O)C(F)(F)F)C(=O)C(F)(F)F.O=C(O)C(F)(F)F.O=C(O)C(F)(F)F. The highest BCUT2D eigenvalue weighted by atomic mass is 19.4. The summed E-state index contributed by atoms with van der Waals surface area (Å²) in [4.78, 5) is 40.3. The van der Waals surface area contributed by atoms with E-state index in [2.05, 4.69) is 5.32 Å². The van der Waals surface area contributed by atoms with Gasteiger partial charge in [-0.1, -0.05) is 0 Å². The Hall–Kier alpha value is -3.04. The van der Waals surface area contributed by atoms with Gasteiger partial charge in [-0.15, -0.1) is 0 Å². The van der Waals surface area contributed by atoms with Crippen molar-refractivity contribution in [2.24, 2.45) is 5.73 Å². The molecule has 0 atom stereocenters. The summed E-state index contributed by atoms with van der Waals surface area (Å²) in [7, 11) is 0. The van der Waals surface area contributed by atoms with E-state index in [0.717, 1.165) is 6.42 Å². The third kappa shape index (κ3) is 24.0. The van der Waals surface area contributed by atoms with E-state index < -0.39 is 61.5 Å². The zero-order valence-electron chi connectivity index (χ0n) is 20.2. The Morgan fingerprint density at radius 3 is 1.35 bits per heavy atom. The number of carbonyl (C=O) groups is 4. The quantitative estimate of drug-likeness (QED) is 0.164. The molecule has 0 aromatic heterocycles. The lowest BCUT2D eigenvalue weighted by atomic mass is 10.2. The Balaban J connectivity index is -0.000000795. The smallest absolute Gasteiger partial charge is 0.475 e. The molecule has 0 aromatic carbocycles. The summed E-state index contributed by atoms with van der Waals surface area (Å²) >= 11 is 0. The molecule has 0 spiro atoms. The standard InChI is InChI=1S/C14H24F6N4O2.2C2HF3O2/c15-13(16,17)11(25)23-8-4-10-24(12(26)14(18,19)20)9-2-1-6-22-7-3-5-21;2*3-2(4,5)1(6)7/h22H,1-10,21H2,(H,23,25);2*(H,6,7). The van der Waals surface area contributed by atoms with Gasteiger partial charge < -0.3 is 31.5 Å². The largest absolute Gasteiger partial charge is 0.490 e. The number of carbonyl (C=O) groups excluding carboxylic acids is 2. The summed E-state index contributed by atoms with van der Waals surface area (Å²) in [5, 5.41) is 18.8. The summed E-state index contributed by atoms with van der Waals surface area (Å²) < 4.78 is 137. The van der Waals surface area contributed by atoms with Crippen LogP contribution in [0, 0.1) is 0 Å². The molecule has 0 fully saturated rings. The summed E-state index contributed by atoms with van der Waals surface area (Å²) in [6.07, 6.45) is -18.9. The zero-order chi connectivity index (χ0) is 32.4. The van der Waals surface area contributed by atoms with Crippen LogP contribution in [0.4, 0.5) is 52.7 Å². The molecule has 0 heterocycles. The minimum absolute atomic E-state index is 0.176. The molecule has 0 aliphatic heterocycles. The fraction of sp³-hybridized carbons (Fsp3) is 0.778. The van der Waals surface area contributed by atoms with Crippen LogP contribution in [0.15, 0.2) is 0 Å². The summed E-state index contributed by atoms with van der Waals surface area (Å²) in [6, 6.07) is 0. The van der Waals surface area contributed by atoms with E-state index in [4.69, 9.17) is 25.5 Å². The van der Waals surface area contributed by atoms with Crippen molar-refractivity contribution in [2.75, 3.05) is 39.3 Å². The van der Waals surface area contributed by atoms with Gasteiger partial charge in [-0.25, -0.2) is 9.59 Å². The fourth-order valence-electron chi connectivity index (χ4n) is 1.97. The zero-order valence-corrected chi connectivity index (χ0v) is 20.2. The minimum Gasteiger partial charge on any atom is -0.475 e. The van der Waals surface area contributed by atoms with Gasteiger partial charge in [0.2, 0.25) is 0 Å². The number of nitrogens with one attached hydrogen (secondary N) is 2. The molecule has 0 aliphatic carbocycles. The van der Waals surface area contributed by atoms with Crippen LogP contribution in [0.25, 0.3) is 0 Å². The first-order valence-electron chi connectivity index (χ1n) is 10.6. The number of aliphatic carboxylic acids is 2. The van der Waals surface area contributed by atoms with E-state index >= 15 is 0 Å². The molecule has 0 saturated carbocycles. The number of rotatable bonds is 12. The third-order valence-electron chi connectivity index (χ3n) is 3.75. The normalized spacial score (nSPS) is 11.8. The Morgan fingerprint density at radius 2 is 1.00 bits per heavy atom. The molecule has 0 rings (SSSR count). The highest BCUT2D eigenvalue weighted by Gasteiger charge is 2.42. The maximum Gasteiger partial charge on any atom is 0.490 e. The van der Waals surface area contributed by atoms with E-state index in [0.29, 0.717) is 37.4 Å². The summed E-state index contributed by atoms with van der Waals surface area (Å²) in [6.45, 7) is 0.684. The molecule has 2 amide bonds. The van der Waals surface area contributed by atoms with Crippen molar-refractivity contribution in [1.29, 1.82) is 0 Å². The van der Waals surface area contributed by atoms with E-state index in [1.165, 1.54) is 0 Å². The first-order chi connectivity index (χ1) is 17.9. The average molecular weight is 622 g/mol. The van der Waals surface area contributed by atoms with Gasteiger partial charge in [0.1, 0.15) is 0 Å². The van der Waals surface area contributed by atoms with Gasteiger partial charge in [-0.05, 0) is 45.3 Å². The number of halogens is 12. The molecule has 10 nitrogen and oxygen atoms in total. The van der Waals surface area contributed by atoms with Crippen molar-refractivity contribution in [3.63, 3.8) is 0 Å². The molecule has 0 aliphatic rings. The molecule has 6 N–H and O–H groups in total. The van der Waals surface area contributed by atoms with Gasteiger partial charge in [0, 0.05) is 19.6 Å². The number of alkyl halides is 12. The molecule has 0 saturated heterocycles.